The first-order chi connectivity index (χ1) is 26.5. The van der Waals surface area contributed by atoms with Crippen LogP contribution in [-0.2, 0) is 28.6 Å². The number of unbranched alkanes of at least 4 members (excludes halogenated alkanes) is 24. The molecule has 0 aromatic rings. The van der Waals surface area contributed by atoms with Crippen molar-refractivity contribution in [1.82, 2.24) is 0 Å². The van der Waals surface area contributed by atoms with Crippen molar-refractivity contribution in [2.24, 2.45) is 0 Å². The summed E-state index contributed by atoms with van der Waals surface area (Å²) in [6, 6.07) is 0. The van der Waals surface area contributed by atoms with Crippen molar-refractivity contribution >= 4 is 17.9 Å². The maximum atomic E-state index is 12.7. The van der Waals surface area contributed by atoms with Gasteiger partial charge in [0, 0.05) is 19.3 Å². The van der Waals surface area contributed by atoms with E-state index in [0.717, 1.165) is 89.9 Å². The minimum absolute atomic E-state index is 0.0766. The molecule has 0 aromatic carbocycles. The van der Waals surface area contributed by atoms with Gasteiger partial charge in [-0.3, -0.25) is 14.4 Å². The van der Waals surface area contributed by atoms with Crippen LogP contribution >= 0.6 is 0 Å². The Balaban J connectivity index is 4.31. The lowest BCUT2D eigenvalue weighted by atomic mass is 10.1. The van der Waals surface area contributed by atoms with Crippen molar-refractivity contribution < 1.29 is 28.6 Å². The molecule has 0 aromatic heterocycles. The Bertz CT molecular complexity index is 922. The van der Waals surface area contributed by atoms with Crippen molar-refractivity contribution in [3.8, 4) is 0 Å². The predicted molar refractivity (Wildman–Crippen MR) is 229 cm³/mol. The molecule has 0 fully saturated rings. The Morgan fingerprint density at radius 3 is 1.15 bits per heavy atom. The molecular weight excluding hydrogens is 673 g/mol. The molecule has 0 amide bonds. The zero-order valence-electron chi connectivity index (χ0n) is 35.7. The Morgan fingerprint density at radius 2 is 0.704 bits per heavy atom. The lowest BCUT2D eigenvalue weighted by Crippen LogP contribution is -2.30. The molecule has 1 unspecified atom stereocenters. The summed E-state index contributed by atoms with van der Waals surface area (Å²) < 4.78 is 16.7. The number of allylic oxidation sites excluding steroid dienone is 6. The molecular formula is C48H86O6. The minimum atomic E-state index is -0.773. The molecule has 54 heavy (non-hydrogen) atoms. The van der Waals surface area contributed by atoms with E-state index in [0.29, 0.717) is 19.3 Å². The third-order valence-corrected chi connectivity index (χ3v) is 9.85. The van der Waals surface area contributed by atoms with Gasteiger partial charge in [0.1, 0.15) is 13.2 Å². The second kappa shape index (κ2) is 43.4. The molecule has 6 nitrogen and oxygen atoms in total. The van der Waals surface area contributed by atoms with E-state index in [9.17, 15) is 14.4 Å². The lowest BCUT2D eigenvalue weighted by Gasteiger charge is -2.18. The summed E-state index contributed by atoms with van der Waals surface area (Å²) in [5.74, 6) is -0.897. The zero-order chi connectivity index (χ0) is 39.4. The van der Waals surface area contributed by atoms with Crippen LogP contribution in [0.25, 0.3) is 0 Å². The topological polar surface area (TPSA) is 78.9 Å². The number of esters is 3. The van der Waals surface area contributed by atoms with Crippen LogP contribution in [0.4, 0.5) is 0 Å². The molecule has 0 aliphatic rings. The molecule has 314 valence electrons. The monoisotopic (exact) mass is 759 g/mol. The molecule has 6 heteroatoms. The average Bonchev–Trinajstić information content (AvgIpc) is 3.17. The van der Waals surface area contributed by atoms with Gasteiger partial charge in [-0.2, -0.15) is 0 Å². The van der Waals surface area contributed by atoms with Gasteiger partial charge >= 0.3 is 17.9 Å². The highest BCUT2D eigenvalue weighted by Gasteiger charge is 2.19. The molecule has 0 N–H and O–H groups in total. The number of ether oxygens (including phenoxy) is 3. The fourth-order valence-electron chi connectivity index (χ4n) is 6.36. The van der Waals surface area contributed by atoms with Gasteiger partial charge in [-0.25, -0.2) is 0 Å². The van der Waals surface area contributed by atoms with Gasteiger partial charge in [0.25, 0.3) is 0 Å². The summed E-state index contributed by atoms with van der Waals surface area (Å²) in [5, 5.41) is 0. The first-order valence-corrected chi connectivity index (χ1v) is 23.0. The highest BCUT2D eigenvalue weighted by Crippen LogP contribution is 2.14. The highest BCUT2D eigenvalue weighted by molar-refractivity contribution is 5.71. The molecule has 0 radical (unpaired) electrons. The molecule has 0 saturated heterocycles. The van der Waals surface area contributed by atoms with Crippen molar-refractivity contribution in [1.29, 1.82) is 0 Å². The van der Waals surface area contributed by atoms with E-state index >= 15 is 0 Å². The van der Waals surface area contributed by atoms with Crippen molar-refractivity contribution in [2.75, 3.05) is 13.2 Å². The van der Waals surface area contributed by atoms with Crippen molar-refractivity contribution in [3.63, 3.8) is 0 Å². The van der Waals surface area contributed by atoms with E-state index in [4.69, 9.17) is 14.2 Å². The molecule has 0 spiro atoms. The van der Waals surface area contributed by atoms with E-state index in [1.165, 1.54) is 103 Å². The largest absolute Gasteiger partial charge is 0.462 e. The summed E-state index contributed by atoms with van der Waals surface area (Å²) in [5.41, 5.74) is 0. The van der Waals surface area contributed by atoms with Gasteiger partial charge < -0.3 is 14.2 Å². The first-order valence-electron chi connectivity index (χ1n) is 23.0. The van der Waals surface area contributed by atoms with Gasteiger partial charge in [-0.15, -0.1) is 0 Å². The zero-order valence-corrected chi connectivity index (χ0v) is 35.7. The Hall–Kier alpha value is -2.37. The molecule has 1 atom stereocenters. The SMILES string of the molecule is CCC/C=C\CCCCCCCC(=O)OC(COC(=O)CCCCCCCCC/C=C\C/C=C\CCCCC)COC(=O)CCCCCCCCCCC. The molecule has 0 rings (SSSR count). The number of carbonyl (C=O) groups excluding carboxylic acids is 3. The van der Waals surface area contributed by atoms with Crippen molar-refractivity contribution in [3.05, 3.63) is 36.5 Å². The lowest BCUT2D eigenvalue weighted by molar-refractivity contribution is -0.167. The summed E-state index contributed by atoms with van der Waals surface area (Å²) in [6.07, 6.45) is 48.4. The summed E-state index contributed by atoms with van der Waals surface area (Å²) >= 11 is 0. The maximum Gasteiger partial charge on any atom is 0.306 e. The molecule has 0 aliphatic heterocycles. The van der Waals surface area contributed by atoms with Gasteiger partial charge in [0.05, 0.1) is 0 Å². The van der Waals surface area contributed by atoms with Crippen LogP contribution in [0.5, 0.6) is 0 Å². The van der Waals surface area contributed by atoms with Crippen LogP contribution in [0, 0.1) is 0 Å². The standard InChI is InChI=1S/C48H86O6/c1-4-7-10-13-16-19-21-22-23-24-25-26-27-30-32-35-38-41-47(50)53-44-45(43-52-46(49)40-37-34-31-28-18-15-12-9-6-3)54-48(51)42-39-36-33-29-20-17-14-11-8-5-2/h11,14,16,19,22-23,45H,4-10,12-13,15,17-18,20-21,24-44H2,1-3H3/b14-11-,19-16-,23-22-. The fourth-order valence-corrected chi connectivity index (χ4v) is 6.36. The van der Waals surface area contributed by atoms with Crippen LogP contribution in [0.15, 0.2) is 36.5 Å². The van der Waals surface area contributed by atoms with Crippen LogP contribution in [0.2, 0.25) is 0 Å². The fraction of sp³-hybridized carbons (Fsp3) is 0.812. The number of hydrogen-bond acceptors (Lipinski definition) is 6. The van der Waals surface area contributed by atoms with E-state index in [2.05, 4.69) is 57.2 Å². The summed E-state index contributed by atoms with van der Waals surface area (Å²) in [6.45, 7) is 6.51. The van der Waals surface area contributed by atoms with Crippen LogP contribution in [0.1, 0.15) is 233 Å². The second-order valence-corrected chi connectivity index (χ2v) is 15.3. The third kappa shape index (κ3) is 40.8. The number of rotatable bonds is 41. The maximum absolute atomic E-state index is 12.7. The molecule has 0 aliphatic carbocycles. The molecule has 0 bridgehead atoms. The Morgan fingerprint density at radius 1 is 0.370 bits per heavy atom. The molecule has 0 heterocycles. The van der Waals surface area contributed by atoms with Gasteiger partial charge in [-0.05, 0) is 70.6 Å². The van der Waals surface area contributed by atoms with Crippen LogP contribution in [0.3, 0.4) is 0 Å². The summed E-state index contributed by atoms with van der Waals surface area (Å²) in [4.78, 5) is 37.6. The quantitative estimate of drug-likeness (QED) is 0.0267. The van der Waals surface area contributed by atoms with Crippen LogP contribution < -0.4 is 0 Å². The van der Waals surface area contributed by atoms with Crippen molar-refractivity contribution in [2.45, 2.75) is 239 Å². The Kier molecular flexibility index (Phi) is 41.5. The average molecular weight is 759 g/mol. The third-order valence-electron chi connectivity index (χ3n) is 9.85. The van der Waals surface area contributed by atoms with E-state index < -0.39 is 6.10 Å². The number of carbonyl (C=O) groups is 3. The number of hydrogen-bond donors (Lipinski definition) is 0. The second-order valence-electron chi connectivity index (χ2n) is 15.3. The van der Waals surface area contributed by atoms with Gasteiger partial charge in [0.15, 0.2) is 6.10 Å². The summed E-state index contributed by atoms with van der Waals surface area (Å²) in [7, 11) is 0. The van der Waals surface area contributed by atoms with Crippen LogP contribution in [-0.4, -0.2) is 37.2 Å². The normalized spacial score (nSPS) is 12.3. The first kappa shape index (κ1) is 51.6. The van der Waals surface area contributed by atoms with E-state index in [1.54, 1.807) is 0 Å². The van der Waals surface area contributed by atoms with E-state index in [1.807, 2.05) is 0 Å². The van der Waals surface area contributed by atoms with Gasteiger partial charge in [-0.1, -0.05) is 179 Å². The Labute approximate surface area is 334 Å². The molecule has 0 saturated carbocycles. The van der Waals surface area contributed by atoms with Gasteiger partial charge in [0.2, 0.25) is 0 Å². The van der Waals surface area contributed by atoms with E-state index in [-0.39, 0.29) is 31.1 Å². The smallest absolute Gasteiger partial charge is 0.306 e. The minimum Gasteiger partial charge on any atom is -0.462 e. The predicted octanol–water partition coefficient (Wildman–Crippen LogP) is 14.6. The highest BCUT2D eigenvalue weighted by atomic mass is 16.6.